The van der Waals surface area contributed by atoms with Gasteiger partial charge in [-0.1, -0.05) is 28.1 Å². The second kappa shape index (κ2) is 4.45. The number of rotatable bonds is 3. The van der Waals surface area contributed by atoms with E-state index in [1.807, 2.05) is 0 Å². The quantitative estimate of drug-likeness (QED) is 0.880. The summed E-state index contributed by atoms with van der Waals surface area (Å²) in [4.78, 5) is 0. The van der Waals surface area contributed by atoms with Gasteiger partial charge in [0, 0.05) is 10.0 Å². The third kappa shape index (κ3) is 3.81. The topological polar surface area (TPSA) is 26.0 Å². The van der Waals surface area contributed by atoms with Gasteiger partial charge in [-0.2, -0.15) is 0 Å². The Bertz CT molecular complexity index is 313. The third-order valence-electron chi connectivity index (χ3n) is 2.28. The Labute approximate surface area is 94.8 Å². The molecule has 0 radical (unpaired) electrons. The lowest BCUT2D eigenvalue weighted by molar-refractivity contribution is 0.477. The van der Waals surface area contributed by atoms with Crippen LogP contribution in [0.5, 0.6) is 0 Å². The highest BCUT2D eigenvalue weighted by atomic mass is 79.9. The van der Waals surface area contributed by atoms with E-state index in [0.717, 1.165) is 12.8 Å². The maximum atomic E-state index is 5.94. The molecule has 1 nitrogen and oxygen atoms in total. The van der Waals surface area contributed by atoms with Gasteiger partial charge in [0.25, 0.3) is 0 Å². The van der Waals surface area contributed by atoms with E-state index in [9.17, 15) is 0 Å². The molecule has 0 aliphatic heterocycles. The molecule has 0 aliphatic carbocycles. The Kier molecular flexibility index (Phi) is 3.73. The fourth-order valence-electron chi connectivity index (χ4n) is 1.33. The summed E-state index contributed by atoms with van der Waals surface area (Å²) in [5, 5.41) is 0. The zero-order chi connectivity index (χ0) is 10.8. The monoisotopic (exact) mass is 255 g/mol. The number of halogens is 1. The number of hydrogen-bond donors (Lipinski definition) is 1. The van der Waals surface area contributed by atoms with E-state index < -0.39 is 0 Å². The second-order valence-corrected chi connectivity index (χ2v) is 5.43. The lowest BCUT2D eigenvalue weighted by Gasteiger charge is -2.18. The largest absolute Gasteiger partial charge is 0.326 e. The van der Waals surface area contributed by atoms with Crippen molar-refractivity contribution < 1.29 is 0 Å². The van der Waals surface area contributed by atoms with E-state index in [4.69, 9.17) is 5.73 Å². The summed E-state index contributed by atoms with van der Waals surface area (Å²) in [6, 6.07) is 6.48. The van der Waals surface area contributed by atoms with Gasteiger partial charge in [0.05, 0.1) is 0 Å². The highest BCUT2D eigenvalue weighted by Crippen LogP contribution is 2.19. The van der Waals surface area contributed by atoms with Gasteiger partial charge >= 0.3 is 0 Å². The van der Waals surface area contributed by atoms with Crippen molar-refractivity contribution in [2.45, 2.75) is 39.2 Å². The van der Waals surface area contributed by atoms with E-state index in [0.29, 0.717) is 0 Å². The van der Waals surface area contributed by atoms with Crippen LogP contribution in [0.25, 0.3) is 0 Å². The van der Waals surface area contributed by atoms with Crippen LogP contribution in [0.2, 0.25) is 0 Å². The Balaban J connectivity index is 2.65. The van der Waals surface area contributed by atoms with Crippen LogP contribution in [-0.2, 0) is 6.42 Å². The minimum absolute atomic E-state index is 0.0685. The van der Waals surface area contributed by atoms with Gasteiger partial charge in [0.1, 0.15) is 0 Å². The standard InChI is InChI=1S/C12H18BrN/c1-9-8-10(4-5-11(9)13)6-7-12(2,3)14/h4-5,8H,6-7,14H2,1-3H3. The van der Waals surface area contributed by atoms with Crippen molar-refractivity contribution in [2.75, 3.05) is 0 Å². The van der Waals surface area contributed by atoms with Crippen LogP contribution in [0.15, 0.2) is 22.7 Å². The lowest BCUT2D eigenvalue weighted by Crippen LogP contribution is -2.32. The molecule has 0 aromatic heterocycles. The Morgan fingerprint density at radius 1 is 1.36 bits per heavy atom. The van der Waals surface area contributed by atoms with Crippen molar-refractivity contribution in [1.82, 2.24) is 0 Å². The molecule has 0 fully saturated rings. The van der Waals surface area contributed by atoms with Crippen LogP contribution < -0.4 is 5.73 Å². The summed E-state index contributed by atoms with van der Waals surface area (Å²) >= 11 is 3.50. The molecule has 0 spiro atoms. The van der Waals surface area contributed by atoms with Crippen molar-refractivity contribution in [3.8, 4) is 0 Å². The van der Waals surface area contributed by atoms with Gasteiger partial charge in [0.2, 0.25) is 0 Å². The van der Waals surface area contributed by atoms with E-state index in [1.54, 1.807) is 0 Å². The Morgan fingerprint density at radius 3 is 2.50 bits per heavy atom. The first kappa shape index (κ1) is 11.7. The van der Waals surface area contributed by atoms with Gasteiger partial charge in [-0.15, -0.1) is 0 Å². The van der Waals surface area contributed by atoms with Gasteiger partial charge in [0.15, 0.2) is 0 Å². The minimum Gasteiger partial charge on any atom is -0.326 e. The molecule has 1 aromatic carbocycles. The smallest absolute Gasteiger partial charge is 0.0204 e. The Morgan fingerprint density at radius 2 is 2.00 bits per heavy atom. The molecule has 0 unspecified atom stereocenters. The van der Waals surface area contributed by atoms with Crippen LogP contribution >= 0.6 is 15.9 Å². The van der Waals surface area contributed by atoms with Gasteiger partial charge in [-0.3, -0.25) is 0 Å². The van der Waals surface area contributed by atoms with Crippen molar-refractivity contribution in [3.63, 3.8) is 0 Å². The Hall–Kier alpha value is -0.340. The van der Waals surface area contributed by atoms with E-state index in [2.05, 4.69) is 54.9 Å². The predicted octanol–water partition coefficient (Wildman–Crippen LogP) is 3.43. The second-order valence-electron chi connectivity index (χ2n) is 4.57. The highest BCUT2D eigenvalue weighted by Gasteiger charge is 2.10. The summed E-state index contributed by atoms with van der Waals surface area (Å²) in [7, 11) is 0. The highest BCUT2D eigenvalue weighted by molar-refractivity contribution is 9.10. The van der Waals surface area contributed by atoms with Crippen molar-refractivity contribution in [3.05, 3.63) is 33.8 Å². The molecule has 0 saturated carbocycles. The molecule has 78 valence electrons. The first-order valence-corrected chi connectivity index (χ1v) is 5.72. The summed E-state index contributed by atoms with van der Waals surface area (Å²) in [6.07, 6.45) is 2.08. The van der Waals surface area contributed by atoms with Gasteiger partial charge in [-0.05, 0) is 50.8 Å². The minimum atomic E-state index is -0.0685. The summed E-state index contributed by atoms with van der Waals surface area (Å²) in [6.45, 7) is 6.25. The van der Waals surface area contributed by atoms with Crippen LogP contribution in [-0.4, -0.2) is 5.54 Å². The van der Waals surface area contributed by atoms with Crippen molar-refractivity contribution in [1.29, 1.82) is 0 Å². The molecule has 0 amide bonds. The molecule has 1 rings (SSSR count). The maximum absolute atomic E-state index is 5.94. The molecule has 0 atom stereocenters. The van der Waals surface area contributed by atoms with Crippen LogP contribution in [0.4, 0.5) is 0 Å². The SMILES string of the molecule is Cc1cc(CCC(C)(C)N)ccc1Br. The molecule has 2 N–H and O–H groups in total. The summed E-state index contributed by atoms with van der Waals surface area (Å²) in [5.41, 5.74) is 8.53. The molecule has 14 heavy (non-hydrogen) atoms. The lowest BCUT2D eigenvalue weighted by atomic mass is 9.96. The number of benzene rings is 1. The molecule has 0 heterocycles. The maximum Gasteiger partial charge on any atom is 0.0204 e. The van der Waals surface area contributed by atoms with E-state index in [-0.39, 0.29) is 5.54 Å². The average molecular weight is 256 g/mol. The molecule has 0 aliphatic rings. The molecule has 2 heteroatoms. The summed E-state index contributed by atoms with van der Waals surface area (Å²) in [5.74, 6) is 0. The first-order valence-electron chi connectivity index (χ1n) is 4.92. The number of hydrogen-bond acceptors (Lipinski definition) is 1. The predicted molar refractivity (Wildman–Crippen MR) is 65.5 cm³/mol. The average Bonchev–Trinajstić information content (AvgIpc) is 2.06. The van der Waals surface area contributed by atoms with E-state index in [1.165, 1.54) is 15.6 Å². The number of nitrogens with two attached hydrogens (primary N) is 1. The fraction of sp³-hybridized carbons (Fsp3) is 0.500. The third-order valence-corrected chi connectivity index (χ3v) is 3.17. The van der Waals surface area contributed by atoms with E-state index >= 15 is 0 Å². The van der Waals surface area contributed by atoms with Crippen LogP contribution in [0, 0.1) is 6.92 Å². The van der Waals surface area contributed by atoms with Gasteiger partial charge in [-0.25, -0.2) is 0 Å². The van der Waals surface area contributed by atoms with Crippen LogP contribution in [0.3, 0.4) is 0 Å². The summed E-state index contributed by atoms with van der Waals surface area (Å²) < 4.78 is 1.17. The molecule has 0 bridgehead atoms. The molecular weight excluding hydrogens is 238 g/mol. The molecule has 1 aromatic rings. The van der Waals surface area contributed by atoms with Gasteiger partial charge < -0.3 is 5.73 Å². The normalized spacial score (nSPS) is 11.8. The van der Waals surface area contributed by atoms with Crippen molar-refractivity contribution >= 4 is 15.9 Å². The molecular formula is C12H18BrN. The fourth-order valence-corrected chi connectivity index (χ4v) is 1.58. The molecule has 0 saturated heterocycles. The van der Waals surface area contributed by atoms with Crippen molar-refractivity contribution in [2.24, 2.45) is 5.73 Å². The van der Waals surface area contributed by atoms with Crippen LogP contribution in [0.1, 0.15) is 31.4 Å². The zero-order valence-corrected chi connectivity index (χ0v) is 10.7. The zero-order valence-electron chi connectivity index (χ0n) is 9.10. The first-order chi connectivity index (χ1) is 6.38. The number of aryl methyl sites for hydroxylation is 2.